The molecule has 25 heavy (non-hydrogen) atoms. The van der Waals surface area contributed by atoms with Crippen LogP contribution in [0.5, 0.6) is 0 Å². The fourth-order valence-electron chi connectivity index (χ4n) is 2.77. The standard InChI is InChI=1S/C17H16N2O5S/c1-10-4-2-6-12(19(22)23)16(10)18-15(20)9-24-17(21)14-8-11-5-3-7-13(11)25-14/h2,4,6,8H,3,5,7,9H2,1H3,(H,18,20). The van der Waals surface area contributed by atoms with Crippen LogP contribution in [0, 0.1) is 17.0 Å². The van der Waals surface area contributed by atoms with E-state index in [1.165, 1.54) is 27.8 Å². The Balaban J connectivity index is 1.61. The molecule has 0 aliphatic heterocycles. The van der Waals surface area contributed by atoms with Gasteiger partial charge >= 0.3 is 5.97 Å². The molecular formula is C17H16N2O5S. The van der Waals surface area contributed by atoms with Crippen LogP contribution in [0.25, 0.3) is 0 Å². The predicted octanol–water partition coefficient (Wildman–Crippen LogP) is 3.25. The number of amides is 1. The SMILES string of the molecule is Cc1cccc([N+](=O)[O-])c1NC(=O)COC(=O)c1cc2c(s1)CCC2. The molecule has 3 rings (SSSR count). The molecule has 0 unspecified atom stereocenters. The third-order valence-corrected chi connectivity index (χ3v) is 5.21. The third-order valence-electron chi connectivity index (χ3n) is 3.99. The Morgan fingerprint density at radius 1 is 1.36 bits per heavy atom. The monoisotopic (exact) mass is 360 g/mol. The Kier molecular flexibility index (Phi) is 4.80. The maximum atomic E-state index is 12.0. The molecule has 1 heterocycles. The van der Waals surface area contributed by atoms with Gasteiger partial charge in [0.05, 0.1) is 4.92 Å². The van der Waals surface area contributed by atoms with E-state index in [0.29, 0.717) is 10.4 Å². The van der Waals surface area contributed by atoms with Gasteiger partial charge in [0.15, 0.2) is 6.61 Å². The molecule has 8 heteroatoms. The van der Waals surface area contributed by atoms with Crippen LogP contribution in [0.4, 0.5) is 11.4 Å². The van der Waals surface area contributed by atoms with E-state index >= 15 is 0 Å². The van der Waals surface area contributed by atoms with Crippen LogP contribution in [0.15, 0.2) is 24.3 Å². The number of fused-ring (bicyclic) bond motifs is 1. The molecule has 1 aliphatic carbocycles. The van der Waals surface area contributed by atoms with Crippen molar-refractivity contribution >= 4 is 34.6 Å². The number of thiophene rings is 1. The van der Waals surface area contributed by atoms with Crippen molar-refractivity contribution in [2.24, 2.45) is 0 Å². The van der Waals surface area contributed by atoms with Crippen molar-refractivity contribution in [3.8, 4) is 0 Å². The minimum Gasteiger partial charge on any atom is -0.451 e. The van der Waals surface area contributed by atoms with Gasteiger partial charge in [0.25, 0.3) is 11.6 Å². The van der Waals surface area contributed by atoms with E-state index in [4.69, 9.17) is 4.74 Å². The first kappa shape index (κ1) is 17.1. The van der Waals surface area contributed by atoms with Gasteiger partial charge in [0.2, 0.25) is 0 Å². The van der Waals surface area contributed by atoms with Crippen LogP contribution in [0.2, 0.25) is 0 Å². The first-order chi connectivity index (χ1) is 12.0. The number of nitrogens with one attached hydrogen (secondary N) is 1. The number of nitro benzene ring substituents is 1. The maximum Gasteiger partial charge on any atom is 0.348 e. The van der Waals surface area contributed by atoms with Gasteiger partial charge in [-0.3, -0.25) is 14.9 Å². The number of nitro groups is 1. The van der Waals surface area contributed by atoms with Crippen molar-refractivity contribution in [1.82, 2.24) is 0 Å². The van der Waals surface area contributed by atoms with E-state index in [1.807, 2.05) is 6.07 Å². The second-order valence-corrected chi connectivity index (χ2v) is 6.90. The highest BCUT2D eigenvalue weighted by atomic mass is 32.1. The lowest BCUT2D eigenvalue weighted by atomic mass is 10.1. The zero-order chi connectivity index (χ0) is 18.0. The number of hydrogen-bond acceptors (Lipinski definition) is 6. The fourth-order valence-corrected chi connectivity index (χ4v) is 3.92. The van der Waals surface area contributed by atoms with Crippen molar-refractivity contribution in [2.45, 2.75) is 26.2 Å². The van der Waals surface area contributed by atoms with Crippen LogP contribution < -0.4 is 5.32 Å². The first-order valence-electron chi connectivity index (χ1n) is 7.78. The Morgan fingerprint density at radius 3 is 2.88 bits per heavy atom. The molecule has 1 N–H and O–H groups in total. The van der Waals surface area contributed by atoms with Crippen LogP contribution in [-0.4, -0.2) is 23.4 Å². The Morgan fingerprint density at radius 2 is 2.16 bits per heavy atom. The molecule has 0 saturated carbocycles. The topological polar surface area (TPSA) is 98.5 Å². The Hall–Kier alpha value is -2.74. The van der Waals surface area contributed by atoms with Gasteiger partial charge in [-0.1, -0.05) is 12.1 Å². The van der Waals surface area contributed by atoms with Gasteiger partial charge in [0, 0.05) is 10.9 Å². The van der Waals surface area contributed by atoms with Crippen molar-refractivity contribution < 1.29 is 19.2 Å². The summed E-state index contributed by atoms with van der Waals surface area (Å²) in [6.45, 7) is 1.16. The quantitative estimate of drug-likeness (QED) is 0.501. The lowest BCUT2D eigenvalue weighted by Gasteiger charge is -2.09. The summed E-state index contributed by atoms with van der Waals surface area (Å²) in [6.07, 6.45) is 3.05. The second-order valence-electron chi connectivity index (χ2n) is 5.76. The maximum absolute atomic E-state index is 12.0. The molecule has 1 aromatic heterocycles. The van der Waals surface area contributed by atoms with Crippen LogP contribution in [0.1, 0.15) is 32.1 Å². The number of nitrogens with zero attached hydrogens (tertiary/aromatic N) is 1. The van der Waals surface area contributed by atoms with Gasteiger partial charge in [0.1, 0.15) is 10.6 Å². The van der Waals surface area contributed by atoms with E-state index in [2.05, 4.69) is 5.32 Å². The Bertz CT molecular complexity index is 837. The number of aryl methyl sites for hydroxylation is 3. The molecule has 130 valence electrons. The highest BCUT2D eigenvalue weighted by Gasteiger charge is 2.21. The zero-order valence-electron chi connectivity index (χ0n) is 13.5. The number of anilines is 1. The van der Waals surface area contributed by atoms with Crippen molar-refractivity contribution in [3.05, 3.63) is 55.3 Å². The summed E-state index contributed by atoms with van der Waals surface area (Å²) in [4.78, 5) is 36.2. The summed E-state index contributed by atoms with van der Waals surface area (Å²) in [5, 5.41) is 13.5. The van der Waals surface area contributed by atoms with E-state index in [-0.39, 0.29) is 11.4 Å². The molecule has 0 spiro atoms. The fraction of sp³-hybridized carbons (Fsp3) is 0.294. The van der Waals surface area contributed by atoms with Crippen LogP contribution in [-0.2, 0) is 22.4 Å². The largest absolute Gasteiger partial charge is 0.451 e. The van der Waals surface area contributed by atoms with Gasteiger partial charge in [-0.25, -0.2) is 4.79 Å². The number of carbonyl (C=O) groups excluding carboxylic acids is 2. The van der Waals surface area contributed by atoms with E-state index in [1.54, 1.807) is 19.1 Å². The molecule has 0 radical (unpaired) electrons. The average molecular weight is 360 g/mol. The molecule has 7 nitrogen and oxygen atoms in total. The highest BCUT2D eigenvalue weighted by molar-refractivity contribution is 7.14. The van der Waals surface area contributed by atoms with Crippen LogP contribution >= 0.6 is 11.3 Å². The number of hydrogen-bond donors (Lipinski definition) is 1. The number of para-hydroxylation sites is 1. The molecule has 1 amide bonds. The van der Waals surface area contributed by atoms with Crippen LogP contribution in [0.3, 0.4) is 0 Å². The molecule has 0 atom stereocenters. The lowest BCUT2D eigenvalue weighted by Crippen LogP contribution is -2.21. The van der Waals surface area contributed by atoms with Crippen molar-refractivity contribution in [3.63, 3.8) is 0 Å². The van der Waals surface area contributed by atoms with Gasteiger partial charge in [-0.2, -0.15) is 0 Å². The van der Waals surface area contributed by atoms with Crippen molar-refractivity contribution in [1.29, 1.82) is 0 Å². The predicted molar refractivity (Wildman–Crippen MR) is 93.1 cm³/mol. The number of rotatable bonds is 5. The molecule has 0 fully saturated rings. The summed E-state index contributed by atoms with van der Waals surface area (Å²) in [5.74, 6) is -1.16. The minimum absolute atomic E-state index is 0.114. The summed E-state index contributed by atoms with van der Waals surface area (Å²) >= 11 is 1.40. The minimum atomic E-state index is -0.616. The van der Waals surface area contributed by atoms with Gasteiger partial charge in [-0.15, -0.1) is 11.3 Å². The summed E-state index contributed by atoms with van der Waals surface area (Å²) in [7, 11) is 0. The Labute approximate surface area is 147 Å². The summed E-state index contributed by atoms with van der Waals surface area (Å²) in [5.41, 5.74) is 1.65. The number of benzene rings is 1. The number of ether oxygens (including phenoxy) is 1. The van der Waals surface area contributed by atoms with Gasteiger partial charge in [-0.05, 0) is 43.4 Å². The molecule has 2 aromatic rings. The number of carbonyl (C=O) groups is 2. The van der Waals surface area contributed by atoms with Gasteiger partial charge < -0.3 is 10.1 Å². The molecular weight excluding hydrogens is 344 g/mol. The smallest absolute Gasteiger partial charge is 0.348 e. The second kappa shape index (κ2) is 7.02. The summed E-state index contributed by atoms with van der Waals surface area (Å²) < 4.78 is 5.03. The summed E-state index contributed by atoms with van der Waals surface area (Å²) in [6, 6.07) is 6.32. The van der Waals surface area contributed by atoms with E-state index in [0.717, 1.165) is 19.3 Å². The molecule has 1 aliphatic rings. The first-order valence-corrected chi connectivity index (χ1v) is 8.60. The highest BCUT2D eigenvalue weighted by Crippen LogP contribution is 2.31. The van der Waals surface area contributed by atoms with E-state index < -0.39 is 23.4 Å². The molecule has 0 bridgehead atoms. The zero-order valence-corrected chi connectivity index (χ0v) is 14.4. The number of esters is 1. The van der Waals surface area contributed by atoms with Crippen molar-refractivity contribution in [2.75, 3.05) is 11.9 Å². The third kappa shape index (κ3) is 3.69. The lowest BCUT2D eigenvalue weighted by molar-refractivity contribution is -0.384. The van der Waals surface area contributed by atoms with E-state index in [9.17, 15) is 19.7 Å². The molecule has 0 saturated heterocycles. The normalized spacial score (nSPS) is 12.5. The molecule has 1 aromatic carbocycles. The average Bonchev–Trinajstić information content (AvgIpc) is 3.16.